The Morgan fingerprint density at radius 2 is 2.11 bits per heavy atom. The van der Waals surface area contributed by atoms with Crippen molar-refractivity contribution in [3.63, 3.8) is 0 Å². The SMILES string of the molecule is CC(Oc1cc(Cl)ccc1[N+](=O)[O-])C(=O)N(C)C. The fourth-order valence-corrected chi connectivity index (χ4v) is 1.50. The van der Waals surface area contributed by atoms with Gasteiger partial charge in [-0.15, -0.1) is 0 Å². The molecule has 0 aliphatic heterocycles. The summed E-state index contributed by atoms with van der Waals surface area (Å²) >= 11 is 5.75. The quantitative estimate of drug-likeness (QED) is 0.621. The third-order valence-electron chi connectivity index (χ3n) is 2.21. The van der Waals surface area contributed by atoms with E-state index in [1.165, 1.54) is 30.0 Å². The molecular formula is C11H13ClN2O4. The topological polar surface area (TPSA) is 72.7 Å². The largest absolute Gasteiger partial charge is 0.474 e. The summed E-state index contributed by atoms with van der Waals surface area (Å²) in [7, 11) is 3.16. The summed E-state index contributed by atoms with van der Waals surface area (Å²) in [5.74, 6) is -0.306. The second-order valence-corrected chi connectivity index (χ2v) is 4.30. The number of likely N-dealkylation sites (N-methyl/N-ethyl adjacent to an activating group) is 1. The molecular weight excluding hydrogens is 260 g/mol. The summed E-state index contributed by atoms with van der Waals surface area (Å²) in [6, 6.07) is 3.95. The van der Waals surface area contributed by atoms with Crippen LogP contribution in [0.2, 0.25) is 5.02 Å². The molecule has 1 rings (SSSR count). The minimum absolute atomic E-state index is 0.0183. The summed E-state index contributed by atoms with van der Waals surface area (Å²) in [6.07, 6.45) is -0.822. The molecule has 0 aliphatic carbocycles. The lowest BCUT2D eigenvalue weighted by Gasteiger charge is -2.18. The van der Waals surface area contributed by atoms with Crippen LogP contribution in [0.3, 0.4) is 0 Å². The van der Waals surface area contributed by atoms with Crippen molar-refractivity contribution in [3.05, 3.63) is 33.3 Å². The van der Waals surface area contributed by atoms with Crippen molar-refractivity contribution < 1.29 is 14.5 Å². The van der Waals surface area contributed by atoms with Gasteiger partial charge in [-0.1, -0.05) is 11.6 Å². The molecule has 0 radical (unpaired) electrons. The molecule has 1 amide bonds. The van der Waals surface area contributed by atoms with Gasteiger partial charge in [0.15, 0.2) is 11.9 Å². The van der Waals surface area contributed by atoms with Crippen LogP contribution in [-0.4, -0.2) is 35.9 Å². The first-order chi connectivity index (χ1) is 8.32. The van der Waals surface area contributed by atoms with Crippen LogP contribution in [0.15, 0.2) is 18.2 Å². The van der Waals surface area contributed by atoms with Gasteiger partial charge in [0.25, 0.3) is 5.91 Å². The molecule has 18 heavy (non-hydrogen) atoms. The van der Waals surface area contributed by atoms with Crippen molar-refractivity contribution in [1.29, 1.82) is 0 Å². The smallest absolute Gasteiger partial charge is 0.311 e. The first-order valence-electron chi connectivity index (χ1n) is 5.14. The van der Waals surface area contributed by atoms with Crippen LogP contribution in [0.4, 0.5) is 5.69 Å². The van der Waals surface area contributed by atoms with E-state index < -0.39 is 11.0 Å². The lowest BCUT2D eigenvalue weighted by molar-refractivity contribution is -0.386. The Labute approximate surface area is 109 Å². The predicted octanol–water partition coefficient (Wildman–Crippen LogP) is 2.10. The van der Waals surface area contributed by atoms with Gasteiger partial charge in [0, 0.05) is 31.3 Å². The molecule has 6 nitrogen and oxygen atoms in total. The molecule has 7 heteroatoms. The van der Waals surface area contributed by atoms with Crippen LogP contribution in [0, 0.1) is 10.1 Å². The van der Waals surface area contributed by atoms with Gasteiger partial charge in [-0.2, -0.15) is 0 Å². The third-order valence-corrected chi connectivity index (χ3v) is 2.45. The highest BCUT2D eigenvalue weighted by Gasteiger charge is 2.22. The molecule has 1 atom stereocenters. The van der Waals surface area contributed by atoms with E-state index in [4.69, 9.17) is 16.3 Å². The molecule has 0 aliphatic rings. The molecule has 98 valence electrons. The average Bonchev–Trinajstić information content (AvgIpc) is 2.27. The zero-order valence-corrected chi connectivity index (χ0v) is 11.0. The number of halogens is 1. The third kappa shape index (κ3) is 3.33. The number of nitro benzene ring substituents is 1. The number of nitrogens with zero attached hydrogens (tertiary/aromatic N) is 2. The number of carbonyl (C=O) groups excluding carboxylic acids is 1. The van der Waals surface area contributed by atoms with Crippen LogP contribution in [0.25, 0.3) is 0 Å². The van der Waals surface area contributed by atoms with Crippen LogP contribution >= 0.6 is 11.6 Å². The maximum Gasteiger partial charge on any atom is 0.311 e. The van der Waals surface area contributed by atoms with Crippen LogP contribution in [0.1, 0.15) is 6.92 Å². The van der Waals surface area contributed by atoms with E-state index in [0.29, 0.717) is 5.02 Å². The minimum atomic E-state index is -0.822. The molecule has 0 saturated heterocycles. The second-order valence-electron chi connectivity index (χ2n) is 3.86. The minimum Gasteiger partial charge on any atom is -0.474 e. The van der Waals surface area contributed by atoms with E-state index in [2.05, 4.69) is 0 Å². The highest BCUT2D eigenvalue weighted by Crippen LogP contribution is 2.30. The average molecular weight is 273 g/mol. The van der Waals surface area contributed by atoms with Gasteiger partial charge < -0.3 is 9.64 Å². The highest BCUT2D eigenvalue weighted by atomic mass is 35.5. The monoisotopic (exact) mass is 272 g/mol. The van der Waals surface area contributed by atoms with Crippen LogP contribution in [0.5, 0.6) is 5.75 Å². The molecule has 0 aromatic heterocycles. The van der Waals surface area contributed by atoms with Gasteiger partial charge in [0.1, 0.15) is 0 Å². The maximum atomic E-state index is 11.6. The summed E-state index contributed by atoms with van der Waals surface area (Å²) in [6.45, 7) is 1.52. The van der Waals surface area contributed by atoms with E-state index in [0.717, 1.165) is 0 Å². The van der Waals surface area contributed by atoms with E-state index in [1.807, 2.05) is 0 Å². The molecule has 1 aromatic carbocycles. The zero-order chi connectivity index (χ0) is 13.9. The molecule has 0 saturated carbocycles. The number of nitro groups is 1. The van der Waals surface area contributed by atoms with Crippen molar-refractivity contribution in [2.75, 3.05) is 14.1 Å². The number of amides is 1. The van der Waals surface area contributed by atoms with Crippen molar-refractivity contribution in [1.82, 2.24) is 4.90 Å². The summed E-state index contributed by atoms with van der Waals surface area (Å²) in [5, 5.41) is 11.1. The van der Waals surface area contributed by atoms with Gasteiger partial charge in [-0.25, -0.2) is 0 Å². The second kappa shape index (κ2) is 5.68. The lowest BCUT2D eigenvalue weighted by Crippen LogP contribution is -2.35. The molecule has 1 unspecified atom stereocenters. The lowest BCUT2D eigenvalue weighted by atomic mass is 10.3. The van der Waals surface area contributed by atoms with Gasteiger partial charge in [0.05, 0.1) is 4.92 Å². The van der Waals surface area contributed by atoms with Crippen molar-refractivity contribution in [2.45, 2.75) is 13.0 Å². The van der Waals surface area contributed by atoms with E-state index in [-0.39, 0.29) is 17.3 Å². The fourth-order valence-electron chi connectivity index (χ4n) is 1.34. The number of carbonyl (C=O) groups is 1. The van der Waals surface area contributed by atoms with E-state index >= 15 is 0 Å². The Morgan fingerprint density at radius 3 is 2.61 bits per heavy atom. The molecule has 0 bridgehead atoms. The van der Waals surface area contributed by atoms with Crippen molar-refractivity contribution >= 4 is 23.2 Å². The molecule has 0 fully saturated rings. The Kier molecular flexibility index (Phi) is 4.49. The normalized spacial score (nSPS) is 11.8. The van der Waals surface area contributed by atoms with Crippen LogP contribution < -0.4 is 4.74 Å². The summed E-state index contributed by atoms with van der Waals surface area (Å²) in [4.78, 5) is 23.2. The Hall–Kier alpha value is -1.82. The number of rotatable bonds is 4. The fraction of sp³-hybridized carbons (Fsp3) is 0.364. The number of ether oxygens (including phenoxy) is 1. The Morgan fingerprint density at radius 1 is 1.50 bits per heavy atom. The van der Waals surface area contributed by atoms with Gasteiger partial charge in [-0.3, -0.25) is 14.9 Å². The van der Waals surface area contributed by atoms with E-state index in [9.17, 15) is 14.9 Å². The van der Waals surface area contributed by atoms with Crippen molar-refractivity contribution in [3.8, 4) is 5.75 Å². The maximum absolute atomic E-state index is 11.6. The van der Waals surface area contributed by atoms with Gasteiger partial charge >= 0.3 is 5.69 Å². The Bertz CT molecular complexity index is 476. The zero-order valence-electron chi connectivity index (χ0n) is 10.2. The van der Waals surface area contributed by atoms with E-state index in [1.54, 1.807) is 14.1 Å². The molecule has 1 aromatic rings. The number of benzene rings is 1. The highest BCUT2D eigenvalue weighted by molar-refractivity contribution is 6.30. The molecule has 0 N–H and O–H groups in total. The molecule has 0 spiro atoms. The van der Waals surface area contributed by atoms with Crippen molar-refractivity contribution in [2.24, 2.45) is 0 Å². The van der Waals surface area contributed by atoms with Gasteiger partial charge in [-0.05, 0) is 13.0 Å². The van der Waals surface area contributed by atoms with Crippen LogP contribution in [-0.2, 0) is 4.79 Å². The first kappa shape index (κ1) is 14.2. The number of hydrogen-bond donors (Lipinski definition) is 0. The molecule has 0 heterocycles. The standard InChI is InChI=1S/C11H13ClN2O4/c1-7(11(15)13(2)3)18-10-6-8(12)4-5-9(10)14(16)17/h4-7H,1-3H3. The summed E-state index contributed by atoms with van der Waals surface area (Å²) in [5.41, 5.74) is -0.224. The number of hydrogen-bond acceptors (Lipinski definition) is 4. The first-order valence-corrected chi connectivity index (χ1v) is 5.52. The van der Waals surface area contributed by atoms with Gasteiger partial charge in [0.2, 0.25) is 0 Å². The predicted molar refractivity (Wildman–Crippen MR) is 66.9 cm³/mol. The summed E-state index contributed by atoms with van der Waals surface area (Å²) < 4.78 is 5.29. The Balaban J connectivity index is 2.99.